The summed E-state index contributed by atoms with van der Waals surface area (Å²) < 4.78 is 8.38. The number of aromatic nitrogens is 2. The second kappa shape index (κ2) is 4.99. The summed E-state index contributed by atoms with van der Waals surface area (Å²) in [4.78, 5) is 2.26. The molecule has 2 heterocycles. The summed E-state index contributed by atoms with van der Waals surface area (Å²) in [5, 5.41) is 4.56. The Bertz CT molecular complexity index is 320. The highest BCUT2D eigenvalue weighted by Gasteiger charge is 2.15. The van der Waals surface area contributed by atoms with Crippen molar-refractivity contribution < 1.29 is 4.74 Å². The molecule has 0 bridgehead atoms. The lowest BCUT2D eigenvalue weighted by Gasteiger charge is -2.26. The number of nitrogens with zero attached hydrogens (tertiary/aromatic N) is 3. The predicted molar refractivity (Wildman–Crippen MR) is 63.3 cm³/mol. The summed E-state index contributed by atoms with van der Waals surface area (Å²) in [6.07, 6.45) is 1.10. The zero-order valence-corrected chi connectivity index (χ0v) is 10.5. The number of hydrogen-bond acceptors (Lipinski definition) is 3. The van der Waals surface area contributed by atoms with Gasteiger partial charge in [0.1, 0.15) is 4.60 Å². The minimum absolute atomic E-state index is 0.804. The first-order chi connectivity index (χ1) is 7.31. The van der Waals surface area contributed by atoms with Crippen LogP contribution in [0.4, 0.5) is 5.82 Å². The third-order valence-corrected chi connectivity index (χ3v) is 3.13. The van der Waals surface area contributed by atoms with Crippen molar-refractivity contribution >= 4 is 21.7 Å². The van der Waals surface area contributed by atoms with E-state index >= 15 is 0 Å². The van der Waals surface area contributed by atoms with E-state index in [-0.39, 0.29) is 0 Å². The van der Waals surface area contributed by atoms with Crippen LogP contribution >= 0.6 is 15.9 Å². The molecule has 1 aliphatic heterocycles. The van der Waals surface area contributed by atoms with Crippen molar-refractivity contribution in [1.82, 2.24) is 9.78 Å². The van der Waals surface area contributed by atoms with Gasteiger partial charge in [0, 0.05) is 25.7 Å². The van der Waals surface area contributed by atoms with Crippen LogP contribution in [-0.4, -0.2) is 36.1 Å². The fourth-order valence-electron chi connectivity index (χ4n) is 1.70. The topological polar surface area (TPSA) is 30.3 Å². The Balaban J connectivity index is 2.10. The van der Waals surface area contributed by atoms with Crippen molar-refractivity contribution in [3.8, 4) is 0 Å². The fraction of sp³-hybridized carbons (Fsp3) is 0.700. The SMILES string of the molecule is CCCn1nc(N2CCOCC2)cc1Br. The Morgan fingerprint density at radius 2 is 2.20 bits per heavy atom. The summed E-state index contributed by atoms with van der Waals surface area (Å²) >= 11 is 3.53. The molecule has 1 saturated heterocycles. The van der Waals surface area contributed by atoms with E-state index < -0.39 is 0 Å². The number of halogens is 1. The van der Waals surface area contributed by atoms with Crippen molar-refractivity contribution in [3.63, 3.8) is 0 Å². The number of morpholine rings is 1. The second-order valence-electron chi connectivity index (χ2n) is 3.65. The molecule has 0 aromatic carbocycles. The minimum atomic E-state index is 0.804. The lowest BCUT2D eigenvalue weighted by atomic mass is 10.4. The smallest absolute Gasteiger partial charge is 0.151 e. The van der Waals surface area contributed by atoms with Crippen molar-refractivity contribution in [1.29, 1.82) is 0 Å². The molecule has 5 heteroatoms. The Hall–Kier alpha value is -0.550. The van der Waals surface area contributed by atoms with Crippen molar-refractivity contribution in [3.05, 3.63) is 10.7 Å². The molecule has 2 rings (SSSR count). The highest BCUT2D eigenvalue weighted by molar-refractivity contribution is 9.10. The maximum Gasteiger partial charge on any atom is 0.151 e. The van der Waals surface area contributed by atoms with Crippen molar-refractivity contribution in [2.24, 2.45) is 0 Å². The second-order valence-corrected chi connectivity index (χ2v) is 4.46. The normalized spacial score (nSPS) is 17.1. The van der Waals surface area contributed by atoms with E-state index in [1.165, 1.54) is 0 Å². The van der Waals surface area contributed by atoms with Gasteiger partial charge in [-0.3, -0.25) is 4.68 Å². The van der Waals surface area contributed by atoms with Crippen molar-refractivity contribution in [2.45, 2.75) is 19.9 Å². The number of ether oxygens (including phenoxy) is 1. The van der Waals surface area contributed by atoms with E-state index in [0.29, 0.717) is 0 Å². The maximum absolute atomic E-state index is 5.32. The Morgan fingerprint density at radius 1 is 1.47 bits per heavy atom. The Labute approximate surface area is 98.3 Å². The van der Waals surface area contributed by atoms with Crippen LogP contribution in [0.3, 0.4) is 0 Å². The average Bonchev–Trinajstić information content (AvgIpc) is 2.63. The standard InChI is InChI=1S/C10H16BrN3O/c1-2-3-14-9(11)8-10(12-14)13-4-6-15-7-5-13/h8H,2-7H2,1H3. The zero-order chi connectivity index (χ0) is 10.7. The van der Waals surface area contributed by atoms with Crippen LogP contribution in [0.15, 0.2) is 10.7 Å². The highest BCUT2D eigenvalue weighted by atomic mass is 79.9. The fourth-order valence-corrected chi connectivity index (χ4v) is 2.16. The molecule has 15 heavy (non-hydrogen) atoms. The van der Waals surface area contributed by atoms with E-state index in [2.05, 4.69) is 38.9 Å². The molecule has 0 unspecified atom stereocenters. The maximum atomic E-state index is 5.32. The largest absolute Gasteiger partial charge is 0.378 e. The summed E-state index contributed by atoms with van der Waals surface area (Å²) in [6.45, 7) is 6.61. The molecule has 84 valence electrons. The molecule has 1 aliphatic rings. The summed E-state index contributed by atoms with van der Waals surface area (Å²) in [6, 6.07) is 2.08. The van der Waals surface area contributed by atoms with E-state index in [1.807, 2.05) is 4.68 Å². The number of anilines is 1. The van der Waals surface area contributed by atoms with Gasteiger partial charge in [-0.15, -0.1) is 0 Å². The highest BCUT2D eigenvalue weighted by Crippen LogP contribution is 2.20. The molecule has 0 spiro atoms. The van der Waals surface area contributed by atoms with Crippen LogP contribution < -0.4 is 4.90 Å². The number of aryl methyl sites for hydroxylation is 1. The van der Waals surface area contributed by atoms with Crippen molar-refractivity contribution in [2.75, 3.05) is 31.2 Å². The molecule has 1 aromatic rings. The van der Waals surface area contributed by atoms with E-state index in [0.717, 1.165) is 49.7 Å². The molecule has 1 fully saturated rings. The van der Waals surface area contributed by atoms with Crippen LogP contribution in [0.2, 0.25) is 0 Å². The lowest BCUT2D eigenvalue weighted by Crippen LogP contribution is -2.36. The molecule has 4 nitrogen and oxygen atoms in total. The third-order valence-electron chi connectivity index (χ3n) is 2.49. The summed E-state index contributed by atoms with van der Waals surface area (Å²) in [5.41, 5.74) is 0. The van der Waals surface area contributed by atoms with Gasteiger partial charge in [-0.25, -0.2) is 0 Å². The number of hydrogen-bond donors (Lipinski definition) is 0. The van der Waals surface area contributed by atoms with Gasteiger partial charge >= 0.3 is 0 Å². The summed E-state index contributed by atoms with van der Waals surface area (Å²) in [5.74, 6) is 1.05. The van der Waals surface area contributed by atoms with Gasteiger partial charge in [0.25, 0.3) is 0 Å². The van der Waals surface area contributed by atoms with Crippen LogP contribution in [0, 0.1) is 0 Å². The van der Waals surface area contributed by atoms with Gasteiger partial charge in [-0.2, -0.15) is 5.10 Å². The summed E-state index contributed by atoms with van der Waals surface area (Å²) in [7, 11) is 0. The van der Waals surface area contributed by atoms with E-state index in [4.69, 9.17) is 4.74 Å². The van der Waals surface area contributed by atoms with Gasteiger partial charge in [0.2, 0.25) is 0 Å². The lowest BCUT2D eigenvalue weighted by molar-refractivity contribution is 0.122. The minimum Gasteiger partial charge on any atom is -0.378 e. The van der Waals surface area contributed by atoms with Gasteiger partial charge in [0.15, 0.2) is 5.82 Å². The van der Waals surface area contributed by atoms with Crippen LogP contribution in [-0.2, 0) is 11.3 Å². The first kappa shape index (κ1) is 11.0. The first-order valence-electron chi connectivity index (χ1n) is 5.37. The molecule has 0 amide bonds. The van der Waals surface area contributed by atoms with Gasteiger partial charge in [-0.1, -0.05) is 6.92 Å². The number of rotatable bonds is 3. The van der Waals surface area contributed by atoms with Crippen LogP contribution in [0.5, 0.6) is 0 Å². The van der Waals surface area contributed by atoms with Gasteiger partial charge in [-0.05, 0) is 22.4 Å². The molecule has 0 radical (unpaired) electrons. The monoisotopic (exact) mass is 273 g/mol. The van der Waals surface area contributed by atoms with E-state index in [9.17, 15) is 0 Å². The predicted octanol–water partition coefficient (Wildman–Crippen LogP) is 1.89. The molecule has 0 saturated carbocycles. The Kier molecular flexibility index (Phi) is 3.64. The van der Waals surface area contributed by atoms with Gasteiger partial charge in [0.05, 0.1) is 13.2 Å². The Morgan fingerprint density at radius 3 is 2.87 bits per heavy atom. The average molecular weight is 274 g/mol. The first-order valence-corrected chi connectivity index (χ1v) is 6.16. The van der Waals surface area contributed by atoms with Crippen LogP contribution in [0.1, 0.15) is 13.3 Å². The molecule has 1 aromatic heterocycles. The quantitative estimate of drug-likeness (QED) is 0.843. The van der Waals surface area contributed by atoms with Gasteiger partial charge < -0.3 is 9.64 Å². The molecule has 0 N–H and O–H groups in total. The molecule has 0 aliphatic carbocycles. The van der Waals surface area contributed by atoms with Crippen LogP contribution in [0.25, 0.3) is 0 Å². The third kappa shape index (κ3) is 2.52. The van der Waals surface area contributed by atoms with E-state index in [1.54, 1.807) is 0 Å². The molecular weight excluding hydrogens is 258 g/mol. The zero-order valence-electron chi connectivity index (χ0n) is 8.95. The molecule has 0 atom stereocenters. The molecular formula is C10H16BrN3O.